The number of nitrogens with zero attached hydrogens (tertiary/aromatic N) is 1. The Hall–Kier alpha value is -3.05. The first-order valence-corrected chi connectivity index (χ1v) is 12.4. The molecule has 1 saturated heterocycles. The molecule has 0 spiro atoms. The monoisotopic (exact) mass is 488 g/mol. The highest BCUT2D eigenvalue weighted by atomic mass is 32.2. The second-order valence-electron chi connectivity index (χ2n) is 7.07. The van der Waals surface area contributed by atoms with E-state index in [4.69, 9.17) is 9.47 Å². The van der Waals surface area contributed by atoms with Gasteiger partial charge in [0, 0.05) is 24.0 Å². The molecule has 1 fully saturated rings. The molecule has 0 radical (unpaired) electrons. The van der Waals surface area contributed by atoms with Gasteiger partial charge in [0.05, 0.1) is 23.8 Å². The van der Waals surface area contributed by atoms with E-state index >= 15 is 0 Å². The second-order valence-corrected chi connectivity index (χ2v) is 9.99. The maximum atomic E-state index is 13.2. The normalized spacial score (nSPS) is 14.9. The van der Waals surface area contributed by atoms with Crippen molar-refractivity contribution in [2.45, 2.75) is 4.90 Å². The minimum Gasteiger partial charge on any atom is -0.455 e. The molecule has 1 aliphatic heterocycles. The van der Waals surface area contributed by atoms with Gasteiger partial charge < -0.3 is 14.8 Å². The zero-order chi connectivity index (χ0) is 23.3. The number of benzene rings is 2. The number of thiophene rings is 1. The van der Waals surface area contributed by atoms with Crippen LogP contribution in [0.1, 0.15) is 4.88 Å². The van der Waals surface area contributed by atoms with E-state index in [-0.39, 0.29) is 29.4 Å². The summed E-state index contributed by atoms with van der Waals surface area (Å²) in [4.78, 5) is 13.5. The van der Waals surface area contributed by atoms with Crippen molar-refractivity contribution in [3.8, 4) is 11.5 Å². The van der Waals surface area contributed by atoms with Crippen molar-refractivity contribution < 1.29 is 27.1 Å². The van der Waals surface area contributed by atoms with Gasteiger partial charge in [-0.25, -0.2) is 12.8 Å². The number of carbonyl (C=O) groups excluding carboxylic acids is 1. The molecule has 2 aromatic carbocycles. The number of carbonyl (C=O) groups is 1. The average molecular weight is 489 g/mol. The van der Waals surface area contributed by atoms with E-state index in [0.717, 1.165) is 4.88 Å². The summed E-state index contributed by atoms with van der Waals surface area (Å²) in [7, 11) is -3.78. The van der Waals surface area contributed by atoms with Crippen molar-refractivity contribution in [2.24, 2.45) is 0 Å². The lowest BCUT2D eigenvalue weighted by Gasteiger charge is -2.26. The van der Waals surface area contributed by atoms with Crippen LogP contribution in [0.3, 0.4) is 0 Å². The molecule has 172 valence electrons. The number of sulfonamides is 1. The van der Waals surface area contributed by atoms with Crippen LogP contribution >= 0.6 is 11.3 Å². The summed E-state index contributed by atoms with van der Waals surface area (Å²) in [5.41, 5.74) is 0.175. The molecule has 10 heteroatoms. The Morgan fingerprint density at radius 1 is 1.12 bits per heavy atom. The first-order valence-electron chi connectivity index (χ1n) is 10.1. The van der Waals surface area contributed by atoms with Crippen LogP contribution in [-0.4, -0.2) is 44.9 Å². The summed E-state index contributed by atoms with van der Waals surface area (Å²) in [5.74, 6) is -0.306. The number of morpholine rings is 1. The number of ether oxygens (including phenoxy) is 2. The van der Waals surface area contributed by atoms with Crippen LogP contribution in [0.15, 0.2) is 70.9 Å². The minimum atomic E-state index is -3.78. The molecule has 0 saturated carbocycles. The maximum absolute atomic E-state index is 13.2. The lowest BCUT2D eigenvalue weighted by Crippen LogP contribution is -2.40. The number of nitrogens with one attached hydrogen (secondary N) is 1. The van der Waals surface area contributed by atoms with E-state index in [0.29, 0.717) is 19.0 Å². The van der Waals surface area contributed by atoms with Gasteiger partial charge >= 0.3 is 0 Å². The first-order chi connectivity index (χ1) is 15.9. The highest BCUT2D eigenvalue weighted by molar-refractivity contribution is 7.89. The molecule has 1 aliphatic rings. The fourth-order valence-corrected chi connectivity index (χ4v) is 5.19. The average Bonchev–Trinajstić information content (AvgIpc) is 3.34. The molecule has 2 heterocycles. The van der Waals surface area contributed by atoms with Crippen molar-refractivity contribution in [1.29, 1.82) is 0 Å². The third-order valence-corrected chi connectivity index (χ3v) is 7.53. The standard InChI is InChI=1S/C23H21FN2O5S2/c24-17-3-5-18(6-4-17)31-22-9-8-20(33(28,29)26-11-13-30-14-12-26)16-21(22)25-23(27)10-7-19-2-1-15-32-19/h1-10,15-16H,11-14H2,(H,25,27). The number of hydrogen-bond acceptors (Lipinski definition) is 6. The van der Waals surface area contributed by atoms with Gasteiger partial charge in [0.25, 0.3) is 0 Å². The van der Waals surface area contributed by atoms with E-state index in [9.17, 15) is 17.6 Å². The molecular formula is C23H21FN2O5S2. The van der Waals surface area contributed by atoms with Crippen LogP contribution in [0.5, 0.6) is 11.5 Å². The van der Waals surface area contributed by atoms with Gasteiger partial charge in [0.1, 0.15) is 11.6 Å². The van der Waals surface area contributed by atoms with Gasteiger partial charge in [-0.1, -0.05) is 6.07 Å². The van der Waals surface area contributed by atoms with Crippen molar-refractivity contribution >= 4 is 39.0 Å². The molecule has 0 bridgehead atoms. The van der Waals surface area contributed by atoms with Gasteiger partial charge in [-0.15, -0.1) is 11.3 Å². The fourth-order valence-electron chi connectivity index (χ4n) is 3.14. The predicted molar refractivity (Wildman–Crippen MR) is 124 cm³/mol. The maximum Gasteiger partial charge on any atom is 0.248 e. The van der Waals surface area contributed by atoms with E-state index in [1.807, 2.05) is 17.5 Å². The van der Waals surface area contributed by atoms with Crippen LogP contribution in [0.25, 0.3) is 6.08 Å². The Kier molecular flexibility index (Phi) is 7.19. The molecule has 33 heavy (non-hydrogen) atoms. The summed E-state index contributed by atoms with van der Waals surface area (Å²) in [6, 6.07) is 13.4. The molecular weight excluding hydrogens is 467 g/mol. The van der Waals surface area contributed by atoms with Crippen molar-refractivity contribution in [3.63, 3.8) is 0 Å². The van der Waals surface area contributed by atoms with Gasteiger partial charge in [-0.05, 0) is 60.0 Å². The Balaban J connectivity index is 1.63. The SMILES string of the molecule is O=C(C=Cc1cccs1)Nc1cc(S(=O)(=O)N2CCOCC2)ccc1Oc1ccc(F)cc1. The van der Waals surface area contributed by atoms with Crippen LogP contribution in [0.2, 0.25) is 0 Å². The van der Waals surface area contributed by atoms with Crippen molar-refractivity contribution in [2.75, 3.05) is 31.6 Å². The third kappa shape index (κ3) is 5.85. The van der Waals surface area contributed by atoms with E-state index in [1.165, 1.54) is 64.2 Å². The van der Waals surface area contributed by atoms with Crippen LogP contribution in [0.4, 0.5) is 10.1 Å². The summed E-state index contributed by atoms with van der Waals surface area (Å²) >= 11 is 1.48. The number of anilines is 1. The molecule has 1 N–H and O–H groups in total. The Morgan fingerprint density at radius 2 is 1.88 bits per heavy atom. The quantitative estimate of drug-likeness (QED) is 0.500. The van der Waals surface area contributed by atoms with Crippen molar-refractivity contribution in [1.82, 2.24) is 4.31 Å². The lowest BCUT2D eigenvalue weighted by molar-refractivity contribution is -0.111. The Morgan fingerprint density at radius 3 is 2.58 bits per heavy atom. The zero-order valence-electron chi connectivity index (χ0n) is 17.4. The molecule has 0 unspecified atom stereocenters. The first kappa shape index (κ1) is 23.1. The minimum absolute atomic E-state index is 0.0217. The van der Waals surface area contributed by atoms with Gasteiger partial charge in [-0.2, -0.15) is 4.31 Å². The molecule has 0 aliphatic carbocycles. The Labute approximate surface area is 195 Å². The molecule has 4 rings (SSSR count). The highest BCUT2D eigenvalue weighted by Gasteiger charge is 2.27. The van der Waals surface area contributed by atoms with E-state index in [1.54, 1.807) is 6.08 Å². The van der Waals surface area contributed by atoms with Gasteiger partial charge in [-0.3, -0.25) is 4.79 Å². The number of amides is 1. The van der Waals surface area contributed by atoms with Crippen LogP contribution in [-0.2, 0) is 19.6 Å². The third-order valence-electron chi connectivity index (χ3n) is 4.80. The molecule has 1 amide bonds. The van der Waals surface area contributed by atoms with Gasteiger partial charge in [0.15, 0.2) is 5.75 Å². The molecule has 0 atom stereocenters. The van der Waals surface area contributed by atoms with Crippen LogP contribution < -0.4 is 10.1 Å². The highest BCUT2D eigenvalue weighted by Crippen LogP contribution is 2.33. The van der Waals surface area contributed by atoms with E-state index in [2.05, 4.69) is 5.32 Å². The van der Waals surface area contributed by atoms with Gasteiger partial charge in [0.2, 0.25) is 15.9 Å². The summed E-state index contributed by atoms with van der Waals surface area (Å²) in [5, 5.41) is 4.59. The van der Waals surface area contributed by atoms with Crippen molar-refractivity contribution in [3.05, 3.63) is 76.7 Å². The van der Waals surface area contributed by atoms with E-state index < -0.39 is 21.7 Å². The lowest BCUT2D eigenvalue weighted by atomic mass is 10.2. The smallest absolute Gasteiger partial charge is 0.248 e. The summed E-state index contributed by atoms with van der Waals surface area (Å²) in [6.07, 6.45) is 3.02. The molecule has 3 aromatic rings. The molecule has 7 nitrogen and oxygen atoms in total. The number of halogens is 1. The number of rotatable bonds is 7. The second kappa shape index (κ2) is 10.3. The Bertz CT molecular complexity index is 1240. The fraction of sp³-hybridized carbons (Fsp3) is 0.174. The largest absolute Gasteiger partial charge is 0.455 e. The predicted octanol–water partition coefficient (Wildman–Crippen LogP) is 4.35. The summed E-state index contributed by atoms with van der Waals surface area (Å²) in [6.45, 7) is 1.15. The zero-order valence-corrected chi connectivity index (χ0v) is 19.1. The van der Waals surface area contributed by atoms with Crippen LogP contribution in [0, 0.1) is 5.82 Å². The molecule has 1 aromatic heterocycles. The topological polar surface area (TPSA) is 84.9 Å². The number of hydrogen-bond donors (Lipinski definition) is 1. The summed E-state index contributed by atoms with van der Waals surface area (Å²) < 4.78 is 51.8.